The zero-order chi connectivity index (χ0) is 12.8. The lowest BCUT2D eigenvalue weighted by Gasteiger charge is -2.17. The minimum atomic E-state index is 0.113. The standard InChI is InChI=1S/C14H20N2OS/c1-2-13(12-5-7-15-8-6-12)16-14(17)10-18-9-11-3-4-11/h5-8,11,13H,2-4,9-10H2,1H3,(H,16,17). The third-order valence-corrected chi connectivity index (χ3v) is 4.31. The van der Waals surface area contributed by atoms with Crippen LogP contribution in [0, 0.1) is 5.92 Å². The van der Waals surface area contributed by atoms with Crippen molar-refractivity contribution in [3.8, 4) is 0 Å². The van der Waals surface area contributed by atoms with E-state index in [0.29, 0.717) is 5.75 Å². The Hall–Kier alpha value is -1.03. The smallest absolute Gasteiger partial charge is 0.230 e. The fourth-order valence-corrected chi connectivity index (χ4v) is 2.91. The van der Waals surface area contributed by atoms with E-state index in [9.17, 15) is 4.79 Å². The summed E-state index contributed by atoms with van der Waals surface area (Å²) in [5.41, 5.74) is 1.13. The minimum Gasteiger partial charge on any atom is -0.349 e. The average Bonchev–Trinajstić information content (AvgIpc) is 3.21. The lowest BCUT2D eigenvalue weighted by molar-refractivity contribution is -0.119. The Balaban J connectivity index is 1.76. The van der Waals surface area contributed by atoms with Crippen molar-refractivity contribution in [3.05, 3.63) is 30.1 Å². The topological polar surface area (TPSA) is 42.0 Å². The zero-order valence-corrected chi connectivity index (χ0v) is 11.6. The quantitative estimate of drug-likeness (QED) is 0.823. The van der Waals surface area contributed by atoms with E-state index in [1.54, 1.807) is 24.2 Å². The fourth-order valence-electron chi connectivity index (χ4n) is 1.86. The van der Waals surface area contributed by atoms with Crippen LogP contribution in [-0.2, 0) is 4.79 Å². The Morgan fingerprint density at radius 1 is 1.50 bits per heavy atom. The molecule has 0 spiro atoms. The number of pyridine rings is 1. The van der Waals surface area contributed by atoms with E-state index in [1.807, 2.05) is 12.1 Å². The molecule has 1 amide bonds. The van der Waals surface area contributed by atoms with Crippen LogP contribution in [0.2, 0.25) is 0 Å². The number of carbonyl (C=O) groups excluding carboxylic acids is 1. The van der Waals surface area contributed by atoms with Gasteiger partial charge in [0.05, 0.1) is 11.8 Å². The summed E-state index contributed by atoms with van der Waals surface area (Å²) >= 11 is 1.76. The van der Waals surface area contributed by atoms with Gasteiger partial charge >= 0.3 is 0 Å². The molecule has 18 heavy (non-hydrogen) atoms. The number of nitrogens with one attached hydrogen (secondary N) is 1. The van der Waals surface area contributed by atoms with Crippen LogP contribution in [0.5, 0.6) is 0 Å². The SMILES string of the molecule is CCC(NC(=O)CSCC1CC1)c1ccncc1. The van der Waals surface area contributed by atoms with Crippen molar-refractivity contribution in [3.63, 3.8) is 0 Å². The van der Waals surface area contributed by atoms with Crippen LogP contribution in [-0.4, -0.2) is 22.4 Å². The van der Waals surface area contributed by atoms with E-state index >= 15 is 0 Å². The largest absolute Gasteiger partial charge is 0.349 e. The summed E-state index contributed by atoms with van der Waals surface area (Å²) in [6, 6.07) is 4.04. The highest BCUT2D eigenvalue weighted by Crippen LogP contribution is 2.32. The first-order valence-corrected chi connectivity index (χ1v) is 7.72. The molecule has 1 unspecified atom stereocenters. The molecule has 1 atom stereocenters. The molecule has 0 bridgehead atoms. The summed E-state index contributed by atoms with van der Waals surface area (Å²) < 4.78 is 0. The number of aromatic nitrogens is 1. The van der Waals surface area contributed by atoms with Crippen LogP contribution in [0.3, 0.4) is 0 Å². The lowest BCUT2D eigenvalue weighted by atomic mass is 10.1. The number of hydrogen-bond acceptors (Lipinski definition) is 3. The second kappa shape index (κ2) is 6.78. The second-order valence-corrected chi connectivity index (χ2v) is 5.80. The molecule has 0 radical (unpaired) electrons. The molecular formula is C14H20N2OS. The highest BCUT2D eigenvalue weighted by atomic mass is 32.2. The van der Waals surface area contributed by atoms with Crippen LogP contribution in [0.25, 0.3) is 0 Å². The van der Waals surface area contributed by atoms with Gasteiger partial charge < -0.3 is 5.32 Å². The summed E-state index contributed by atoms with van der Waals surface area (Å²) in [5.74, 6) is 2.74. The van der Waals surface area contributed by atoms with Crippen molar-refractivity contribution < 1.29 is 4.79 Å². The number of amides is 1. The van der Waals surface area contributed by atoms with Crippen LogP contribution in [0.4, 0.5) is 0 Å². The Morgan fingerprint density at radius 2 is 2.22 bits per heavy atom. The van der Waals surface area contributed by atoms with Crippen molar-refractivity contribution in [2.75, 3.05) is 11.5 Å². The second-order valence-electron chi connectivity index (χ2n) is 4.77. The maximum Gasteiger partial charge on any atom is 0.230 e. The number of thioether (sulfide) groups is 1. The minimum absolute atomic E-state index is 0.113. The Bertz CT molecular complexity index is 379. The summed E-state index contributed by atoms with van der Waals surface area (Å²) in [4.78, 5) is 15.8. The molecule has 1 saturated carbocycles. The molecule has 4 heteroatoms. The number of carbonyl (C=O) groups is 1. The van der Waals surface area contributed by atoms with E-state index in [0.717, 1.165) is 23.7 Å². The summed E-state index contributed by atoms with van der Waals surface area (Å²) in [6.45, 7) is 2.09. The van der Waals surface area contributed by atoms with Crippen molar-refractivity contribution in [2.45, 2.75) is 32.2 Å². The van der Waals surface area contributed by atoms with Crippen molar-refractivity contribution >= 4 is 17.7 Å². The lowest BCUT2D eigenvalue weighted by Crippen LogP contribution is -2.29. The third kappa shape index (κ3) is 4.33. The van der Waals surface area contributed by atoms with Gasteiger partial charge in [-0.2, -0.15) is 11.8 Å². The van der Waals surface area contributed by atoms with Crippen LogP contribution in [0.15, 0.2) is 24.5 Å². The molecule has 1 aromatic rings. The molecule has 1 aliphatic rings. The number of nitrogens with zero attached hydrogens (tertiary/aromatic N) is 1. The van der Waals surface area contributed by atoms with Crippen molar-refractivity contribution in [1.82, 2.24) is 10.3 Å². The summed E-state index contributed by atoms with van der Waals surface area (Å²) in [6.07, 6.45) is 7.15. The van der Waals surface area contributed by atoms with Crippen LogP contribution in [0.1, 0.15) is 37.8 Å². The Morgan fingerprint density at radius 3 is 2.83 bits per heavy atom. The van der Waals surface area contributed by atoms with Crippen LogP contribution < -0.4 is 5.32 Å². The Labute approximate surface area is 113 Å². The number of rotatable bonds is 7. The highest BCUT2D eigenvalue weighted by Gasteiger charge is 2.21. The van der Waals surface area contributed by atoms with Gasteiger partial charge in [0.1, 0.15) is 0 Å². The molecule has 1 fully saturated rings. The molecule has 3 nitrogen and oxygen atoms in total. The third-order valence-electron chi connectivity index (χ3n) is 3.14. The highest BCUT2D eigenvalue weighted by molar-refractivity contribution is 7.99. The summed E-state index contributed by atoms with van der Waals surface area (Å²) in [5, 5.41) is 3.09. The maximum atomic E-state index is 11.8. The molecule has 1 aliphatic carbocycles. The van der Waals surface area contributed by atoms with Crippen LogP contribution >= 0.6 is 11.8 Å². The molecule has 1 aromatic heterocycles. The van der Waals surface area contributed by atoms with Gasteiger partial charge in [0.25, 0.3) is 0 Å². The van der Waals surface area contributed by atoms with Gasteiger partial charge in [-0.05, 0) is 48.6 Å². The first-order valence-electron chi connectivity index (χ1n) is 6.56. The predicted molar refractivity (Wildman–Crippen MR) is 75.5 cm³/mol. The van der Waals surface area contributed by atoms with E-state index in [-0.39, 0.29) is 11.9 Å². The molecule has 0 aromatic carbocycles. The predicted octanol–water partition coefficient (Wildman–Crippen LogP) is 2.79. The summed E-state index contributed by atoms with van der Waals surface area (Å²) in [7, 11) is 0. The van der Waals surface area contributed by atoms with Gasteiger partial charge in [-0.3, -0.25) is 9.78 Å². The maximum absolute atomic E-state index is 11.8. The van der Waals surface area contributed by atoms with Crippen molar-refractivity contribution in [1.29, 1.82) is 0 Å². The molecular weight excluding hydrogens is 244 g/mol. The first kappa shape index (κ1) is 13.4. The molecule has 1 heterocycles. The molecule has 0 saturated heterocycles. The molecule has 2 rings (SSSR count). The first-order chi connectivity index (χ1) is 8.79. The molecule has 98 valence electrons. The Kier molecular flexibility index (Phi) is 5.05. The molecule has 1 N–H and O–H groups in total. The van der Waals surface area contributed by atoms with Gasteiger partial charge in [-0.15, -0.1) is 0 Å². The zero-order valence-electron chi connectivity index (χ0n) is 10.8. The normalized spacial score (nSPS) is 16.3. The van der Waals surface area contributed by atoms with Gasteiger partial charge in [-0.1, -0.05) is 6.92 Å². The molecule has 0 aliphatic heterocycles. The van der Waals surface area contributed by atoms with Gasteiger partial charge in [-0.25, -0.2) is 0 Å². The average molecular weight is 264 g/mol. The van der Waals surface area contributed by atoms with E-state index in [2.05, 4.69) is 17.2 Å². The monoisotopic (exact) mass is 264 g/mol. The fraction of sp³-hybridized carbons (Fsp3) is 0.571. The van der Waals surface area contributed by atoms with Gasteiger partial charge in [0.2, 0.25) is 5.91 Å². The van der Waals surface area contributed by atoms with E-state index in [1.165, 1.54) is 12.8 Å². The van der Waals surface area contributed by atoms with E-state index in [4.69, 9.17) is 0 Å². The van der Waals surface area contributed by atoms with Gasteiger partial charge in [0, 0.05) is 12.4 Å². The van der Waals surface area contributed by atoms with E-state index < -0.39 is 0 Å². The van der Waals surface area contributed by atoms with Crippen molar-refractivity contribution in [2.24, 2.45) is 5.92 Å². The number of hydrogen-bond donors (Lipinski definition) is 1. The van der Waals surface area contributed by atoms with Gasteiger partial charge in [0.15, 0.2) is 0 Å².